The molecule has 2 aliphatic rings. The summed E-state index contributed by atoms with van der Waals surface area (Å²) in [6, 6.07) is 0.286. The van der Waals surface area contributed by atoms with Crippen molar-refractivity contribution in [3.8, 4) is 0 Å². The SMILES string of the molecule is CC(=N)C(=C(C)N)c1ncc(NC(=O)[C@@H](NC(=O)c2nonc2C)C(C2CC2)C2(C)CC2)cc1F. The van der Waals surface area contributed by atoms with Gasteiger partial charge < -0.3 is 21.8 Å². The second-order valence-corrected chi connectivity index (χ2v) is 9.89. The van der Waals surface area contributed by atoms with E-state index in [1.54, 1.807) is 13.8 Å². The molecule has 2 amide bonds. The Kier molecular flexibility index (Phi) is 6.44. The normalized spacial score (nSPS) is 18.8. The van der Waals surface area contributed by atoms with Crippen LogP contribution in [0.5, 0.6) is 0 Å². The van der Waals surface area contributed by atoms with Crippen molar-refractivity contribution >= 4 is 28.8 Å². The Morgan fingerprint density at radius 2 is 1.94 bits per heavy atom. The van der Waals surface area contributed by atoms with Gasteiger partial charge >= 0.3 is 0 Å². The first-order valence-electron chi connectivity index (χ1n) is 11.6. The van der Waals surface area contributed by atoms with Gasteiger partial charge in [-0.2, -0.15) is 0 Å². The van der Waals surface area contributed by atoms with Crippen molar-refractivity contribution in [2.75, 3.05) is 5.32 Å². The third-order valence-corrected chi connectivity index (χ3v) is 6.88. The first-order chi connectivity index (χ1) is 16.5. The molecule has 0 bridgehead atoms. The summed E-state index contributed by atoms with van der Waals surface area (Å²) >= 11 is 0. The van der Waals surface area contributed by atoms with E-state index >= 15 is 0 Å². The van der Waals surface area contributed by atoms with E-state index in [0.717, 1.165) is 31.7 Å². The van der Waals surface area contributed by atoms with E-state index in [0.29, 0.717) is 11.6 Å². The fourth-order valence-electron chi connectivity index (χ4n) is 4.77. The molecule has 186 valence electrons. The van der Waals surface area contributed by atoms with Crippen LogP contribution in [-0.2, 0) is 4.79 Å². The van der Waals surface area contributed by atoms with E-state index in [9.17, 15) is 14.0 Å². The predicted octanol–water partition coefficient (Wildman–Crippen LogP) is 3.20. The molecule has 4 rings (SSSR count). The van der Waals surface area contributed by atoms with Gasteiger partial charge in [0.25, 0.3) is 5.91 Å². The number of allylic oxidation sites excluding steroid dienone is 2. The molecular formula is C24H30FN7O3. The quantitative estimate of drug-likeness (QED) is 0.398. The highest BCUT2D eigenvalue weighted by Gasteiger charge is 2.55. The lowest BCUT2D eigenvalue weighted by atomic mass is 9.80. The topological polar surface area (TPSA) is 160 Å². The predicted molar refractivity (Wildman–Crippen MR) is 127 cm³/mol. The maximum absolute atomic E-state index is 14.9. The number of halogens is 1. The standard InChI is InChI=1S/C24H30FN7O3/c1-11(26)17(12(2)27)20-16(25)9-15(10-28-20)29-23(34)21(18(14-5-6-14)24(4)7-8-24)30-22(33)19-13(3)31-35-32-19/h9-10,14,18,21,26H,5-8,27H2,1-4H3,(H,29,34)(H,30,33)/t18?,21-/m0/s1. The third kappa shape index (κ3) is 5.08. The van der Waals surface area contributed by atoms with Crippen LogP contribution in [0.25, 0.3) is 5.57 Å². The number of aromatic nitrogens is 3. The van der Waals surface area contributed by atoms with Gasteiger partial charge in [0.2, 0.25) is 5.91 Å². The lowest BCUT2D eigenvalue weighted by Gasteiger charge is -2.32. The highest BCUT2D eigenvalue weighted by molar-refractivity contribution is 6.21. The molecule has 2 aromatic rings. The van der Waals surface area contributed by atoms with Crippen LogP contribution in [0.1, 0.15) is 68.3 Å². The smallest absolute Gasteiger partial charge is 0.276 e. The molecule has 2 aromatic heterocycles. The van der Waals surface area contributed by atoms with Gasteiger partial charge in [0.05, 0.1) is 11.9 Å². The number of pyridine rings is 1. The van der Waals surface area contributed by atoms with Crippen molar-refractivity contribution in [1.82, 2.24) is 20.6 Å². The molecule has 1 unspecified atom stereocenters. The highest BCUT2D eigenvalue weighted by atomic mass is 19.1. The van der Waals surface area contributed by atoms with E-state index in [1.807, 2.05) is 0 Å². The molecule has 10 nitrogen and oxygen atoms in total. The number of carbonyl (C=O) groups excluding carboxylic acids is 2. The molecule has 2 aliphatic carbocycles. The van der Waals surface area contributed by atoms with Crippen molar-refractivity contribution in [2.45, 2.75) is 59.4 Å². The van der Waals surface area contributed by atoms with Crippen molar-refractivity contribution < 1.29 is 18.6 Å². The van der Waals surface area contributed by atoms with Gasteiger partial charge in [0.1, 0.15) is 17.4 Å². The Morgan fingerprint density at radius 3 is 2.43 bits per heavy atom. The summed E-state index contributed by atoms with van der Waals surface area (Å²) in [5.74, 6) is -1.47. The number of amides is 2. The second kappa shape index (κ2) is 9.20. The van der Waals surface area contributed by atoms with E-state index in [2.05, 4.69) is 37.5 Å². The Hall–Kier alpha value is -3.63. The van der Waals surface area contributed by atoms with E-state index in [-0.39, 0.29) is 45.4 Å². The van der Waals surface area contributed by atoms with Crippen molar-refractivity contribution in [3.05, 3.63) is 40.9 Å². The van der Waals surface area contributed by atoms with E-state index in [1.165, 1.54) is 13.1 Å². The number of nitrogens with zero attached hydrogens (tertiary/aromatic N) is 3. The zero-order valence-corrected chi connectivity index (χ0v) is 20.2. The van der Waals surface area contributed by atoms with Crippen LogP contribution in [0.15, 0.2) is 22.6 Å². The van der Waals surface area contributed by atoms with Crippen LogP contribution in [0.3, 0.4) is 0 Å². The molecule has 0 aliphatic heterocycles. The van der Waals surface area contributed by atoms with Gasteiger partial charge in [0, 0.05) is 23.0 Å². The van der Waals surface area contributed by atoms with Crippen LogP contribution in [-0.4, -0.2) is 38.9 Å². The maximum atomic E-state index is 14.9. The van der Waals surface area contributed by atoms with Crippen LogP contribution in [0.2, 0.25) is 0 Å². The molecule has 2 saturated carbocycles. The Bertz CT molecular complexity index is 1210. The molecule has 0 radical (unpaired) electrons. The van der Waals surface area contributed by atoms with Crippen LogP contribution in [0.4, 0.5) is 10.1 Å². The minimum Gasteiger partial charge on any atom is -0.402 e. The first kappa shape index (κ1) is 24.5. The Morgan fingerprint density at radius 1 is 1.26 bits per heavy atom. The largest absolute Gasteiger partial charge is 0.402 e. The van der Waals surface area contributed by atoms with Gasteiger partial charge in [-0.15, -0.1) is 0 Å². The van der Waals surface area contributed by atoms with E-state index in [4.69, 9.17) is 11.1 Å². The Balaban J connectivity index is 1.61. The molecule has 35 heavy (non-hydrogen) atoms. The number of nitrogens with two attached hydrogens (primary N) is 1. The second-order valence-electron chi connectivity index (χ2n) is 9.89. The third-order valence-electron chi connectivity index (χ3n) is 6.88. The summed E-state index contributed by atoms with van der Waals surface area (Å²) in [5, 5.41) is 20.7. The number of anilines is 1. The van der Waals surface area contributed by atoms with Crippen molar-refractivity contribution in [2.24, 2.45) is 23.0 Å². The number of hydrogen-bond donors (Lipinski definition) is 4. The van der Waals surface area contributed by atoms with Crippen LogP contribution >= 0.6 is 0 Å². The van der Waals surface area contributed by atoms with Gasteiger partial charge in [-0.1, -0.05) is 12.1 Å². The number of carbonyl (C=O) groups is 2. The van der Waals surface area contributed by atoms with Crippen molar-refractivity contribution in [1.29, 1.82) is 5.41 Å². The number of nitrogens with one attached hydrogen (secondary N) is 3. The molecule has 2 heterocycles. The number of aryl methyl sites for hydroxylation is 1. The molecule has 0 aromatic carbocycles. The minimum absolute atomic E-state index is 0.0221. The van der Waals surface area contributed by atoms with E-state index < -0.39 is 23.7 Å². The fraction of sp³-hybridized carbons (Fsp3) is 0.500. The summed E-state index contributed by atoms with van der Waals surface area (Å²) < 4.78 is 19.6. The molecule has 11 heteroatoms. The summed E-state index contributed by atoms with van der Waals surface area (Å²) in [5.41, 5.74) is 6.74. The zero-order valence-electron chi connectivity index (χ0n) is 20.2. The zero-order chi connectivity index (χ0) is 25.5. The van der Waals surface area contributed by atoms with Crippen LogP contribution in [0, 0.1) is 35.4 Å². The molecule has 2 fully saturated rings. The van der Waals surface area contributed by atoms with Crippen molar-refractivity contribution in [3.63, 3.8) is 0 Å². The lowest BCUT2D eigenvalue weighted by molar-refractivity contribution is -0.120. The molecular weight excluding hydrogens is 453 g/mol. The van der Waals surface area contributed by atoms with Gasteiger partial charge in [-0.05, 0) is 68.9 Å². The summed E-state index contributed by atoms with van der Waals surface area (Å²) in [6.45, 7) is 6.79. The average molecular weight is 484 g/mol. The van der Waals surface area contributed by atoms with Gasteiger partial charge in [0.15, 0.2) is 11.5 Å². The van der Waals surface area contributed by atoms with Gasteiger partial charge in [-0.3, -0.25) is 14.6 Å². The molecule has 0 spiro atoms. The maximum Gasteiger partial charge on any atom is 0.276 e. The lowest BCUT2D eigenvalue weighted by Crippen LogP contribution is -2.51. The number of hydrogen-bond acceptors (Lipinski definition) is 8. The van der Waals surface area contributed by atoms with Gasteiger partial charge in [-0.25, -0.2) is 9.02 Å². The average Bonchev–Trinajstić information content (AvgIpc) is 3.69. The molecule has 2 atom stereocenters. The van der Waals surface area contributed by atoms with Crippen LogP contribution < -0.4 is 16.4 Å². The molecule has 5 N–H and O–H groups in total. The minimum atomic E-state index is -0.855. The summed E-state index contributed by atoms with van der Waals surface area (Å²) in [4.78, 5) is 30.5. The highest BCUT2D eigenvalue weighted by Crippen LogP contribution is 2.60. The fourth-order valence-corrected chi connectivity index (χ4v) is 4.77. The Labute approximate surface area is 202 Å². The summed E-state index contributed by atoms with van der Waals surface area (Å²) in [7, 11) is 0. The summed E-state index contributed by atoms with van der Waals surface area (Å²) in [6.07, 6.45) is 5.25. The number of rotatable bonds is 9. The molecule has 0 saturated heterocycles. The first-order valence-corrected chi connectivity index (χ1v) is 11.6. The monoisotopic (exact) mass is 483 g/mol.